The Kier molecular flexibility index (Phi) is 7.58. The summed E-state index contributed by atoms with van der Waals surface area (Å²) in [7, 11) is 0. The van der Waals surface area contributed by atoms with Gasteiger partial charge in [-0.3, -0.25) is 0 Å². The van der Waals surface area contributed by atoms with Crippen molar-refractivity contribution in [3.63, 3.8) is 0 Å². The predicted molar refractivity (Wildman–Crippen MR) is 179 cm³/mol. The highest BCUT2D eigenvalue weighted by Gasteiger charge is 2.24. The maximum atomic E-state index is 4.98. The van der Waals surface area contributed by atoms with Crippen molar-refractivity contribution in [3.05, 3.63) is 107 Å². The smallest absolute Gasteiger partial charge is 0.212 e. The molecule has 0 spiro atoms. The molecule has 6 heterocycles. The molecule has 6 aromatic rings. The molecule has 2 aliphatic rings. The third-order valence-electron chi connectivity index (χ3n) is 8.16. The Hall–Kier alpha value is -4.82. The zero-order valence-electron chi connectivity index (χ0n) is 25.4. The van der Waals surface area contributed by atoms with Crippen LogP contribution in [-0.2, 0) is 12.8 Å². The molecule has 12 nitrogen and oxygen atoms in total. The molecular weight excluding hydrogens is 617 g/mol. The minimum Gasteiger partial charge on any atom is -0.237 e. The molecule has 8 rings (SSSR count). The van der Waals surface area contributed by atoms with Crippen molar-refractivity contribution < 1.29 is 0 Å². The van der Waals surface area contributed by atoms with Crippen LogP contribution >= 0.6 is 23.5 Å². The van der Waals surface area contributed by atoms with Crippen molar-refractivity contribution in [2.24, 2.45) is 10.2 Å². The van der Waals surface area contributed by atoms with E-state index in [4.69, 9.17) is 10.2 Å². The molecule has 0 saturated carbocycles. The van der Waals surface area contributed by atoms with Gasteiger partial charge < -0.3 is 0 Å². The monoisotopic (exact) mass is 646 g/mol. The van der Waals surface area contributed by atoms with Crippen LogP contribution in [-0.4, -0.2) is 72.2 Å². The second-order valence-corrected chi connectivity index (χ2v) is 13.0. The third-order valence-corrected chi connectivity index (χ3v) is 10.0. The zero-order chi connectivity index (χ0) is 31.0. The van der Waals surface area contributed by atoms with Gasteiger partial charge in [-0.2, -0.15) is 29.8 Å². The Morgan fingerprint density at radius 1 is 0.587 bits per heavy atom. The van der Waals surface area contributed by atoms with Gasteiger partial charge in [-0.05, 0) is 51.0 Å². The maximum absolute atomic E-state index is 4.98. The molecule has 0 N–H and O–H groups in total. The van der Waals surface area contributed by atoms with E-state index in [1.807, 2.05) is 67.5 Å². The molecule has 230 valence electrons. The quantitative estimate of drug-likeness (QED) is 0.198. The zero-order valence-corrected chi connectivity index (χ0v) is 27.0. The Bertz CT molecular complexity index is 1940. The van der Waals surface area contributed by atoms with Crippen LogP contribution in [0.15, 0.2) is 93.6 Å². The number of unbranched alkanes of at least 4 members (excludes halogenated alkanes) is 1. The van der Waals surface area contributed by atoms with Gasteiger partial charge >= 0.3 is 0 Å². The summed E-state index contributed by atoms with van der Waals surface area (Å²) in [6.07, 6.45) is 7.14. The summed E-state index contributed by atoms with van der Waals surface area (Å²) in [6, 6.07) is 20.3. The average Bonchev–Trinajstić information content (AvgIpc) is 3.89. The molecule has 46 heavy (non-hydrogen) atoms. The lowest BCUT2D eigenvalue weighted by Gasteiger charge is -2.14. The van der Waals surface area contributed by atoms with Gasteiger partial charge in [0.1, 0.15) is 0 Å². The van der Waals surface area contributed by atoms with Crippen LogP contribution in [0.1, 0.15) is 47.0 Å². The fourth-order valence-corrected chi connectivity index (χ4v) is 7.42. The van der Waals surface area contributed by atoms with E-state index in [1.165, 1.54) is 0 Å². The van der Waals surface area contributed by atoms with Crippen molar-refractivity contribution in [3.8, 4) is 11.4 Å². The average molecular weight is 647 g/mol. The SMILES string of the molecule is Cc1c(C2=Nn3c(CCCCc4nnc5n4N=C(c4cnn(-c6ccccc6)c4C)CS5)nnc3SC2)cnn1-c1ccccc1. The van der Waals surface area contributed by atoms with Gasteiger partial charge in [-0.1, -0.05) is 59.9 Å². The van der Waals surface area contributed by atoms with Crippen LogP contribution in [0.5, 0.6) is 0 Å². The number of benzene rings is 2. The highest BCUT2D eigenvalue weighted by Crippen LogP contribution is 2.28. The van der Waals surface area contributed by atoms with Crippen molar-refractivity contribution >= 4 is 34.9 Å². The number of para-hydroxylation sites is 2. The first-order chi connectivity index (χ1) is 22.6. The predicted octanol–water partition coefficient (Wildman–Crippen LogP) is 5.14. The van der Waals surface area contributed by atoms with E-state index in [0.29, 0.717) is 0 Å². The van der Waals surface area contributed by atoms with E-state index in [-0.39, 0.29) is 0 Å². The molecule has 0 amide bonds. The van der Waals surface area contributed by atoms with Gasteiger partial charge in [-0.25, -0.2) is 9.36 Å². The first kappa shape index (κ1) is 28.6. The van der Waals surface area contributed by atoms with Crippen molar-refractivity contribution in [2.75, 3.05) is 11.5 Å². The third kappa shape index (κ3) is 5.26. The molecule has 0 aliphatic carbocycles. The summed E-state index contributed by atoms with van der Waals surface area (Å²) < 4.78 is 7.71. The van der Waals surface area contributed by atoms with Gasteiger partial charge in [0.2, 0.25) is 10.3 Å². The number of fused-ring (bicyclic) bond motifs is 2. The van der Waals surface area contributed by atoms with Gasteiger partial charge in [0.25, 0.3) is 0 Å². The highest BCUT2D eigenvalue weighted by molar-refractivity contribution is 8.00. The van der Waals surface area contributed by atoms with Crippen LogP contribution in [0.4, 0.5) is 0 Å². The van der Waals surface area contributed by atoms with E-state index in [2.05, 4.69) is 68.7 Å². The molecule has 4 aromatic heterocycles. The van der Waals surface area contributed by atoms with Crippen molar-refractivity contribution in [2.45, 2.75) is 49.8 Å². The summed E-state index contributed by atoms with van der Waals surface area (Å²) in [5.74, 6) is 3.17. The van der Waals surface area contributed by atoms with Gasteiger partial charge in [-0.15, -0.1) is 20.4 Å². The number of aryl methyl sites for hydroxylation is 2. The number of hydrogen-bond acceptors (Lipinski definition) is 10. The van der Waals surface area contributed by atoms with E-state index in [9.17, 15) is 0 Å². The molecule has 0 atom stereocenters. The lowest BCUT2D eigenvalue weighted by Crippen LogP contribution is -2.16. The number of nitrogens with zero attached hydrogens (tertiary/aromatic N) is 12. The van der Waals surface area contributed by atoms with Crippen LogP contribution in [0, 0.1) is 13.8 Å². The molecule has 2 aromatic carbocycles. The normalized spacial score (nSPS) is 14.1. The minimum absolute atomic E-state index is 0.727. The fraction of sp³-hybridized carbons (Fsp3) is 0.250. The number of hydrogen-bond donors (Lipinski definition) is 0. The Balaban J connectivity index is 0.944. The van der Waals surface area contributed by atoms with E-state index < -0.39 is 0 Å². The highest BCUT2D eigenvalue weighted by atomic mass is 32.2. The van der Waals surface area contributed by atoms with E-state index in [0.717, 1.165) is 104 Å². The molecule has 0 fully saturated rings. The van der Waals surface area contributed by atoms with Gasteiger partial charge in [0, 0.05) is 35.5 Å². The van der Waals surface area contributed by atoms with E-state index in [1.54, 1.807) is 23.5 Å². The molecule has 0 saturated heterocycles. The second kappa shape index (κ2) is 12.2. The molecule has 0 radical (unpaired) electrons. The van der Waals surface area contributed by atoms with Crippen molar-refractivity contribution in [1.29, 1.82) is 0 Å². The summed E-state index contributed by atoms with van der Waals surface area (Å²) in [5.41, 5.74) is 8.22. The van der Waals surface area contributed by atoms with Crippen LogP contribution in [0.25, 0.3) is 11.4 Å². The lowest BCUT2D eigenvalue weighted by atomic mass is 10.1. The van der Waals surface area contributed by atoms with Crippen LogP contribution in [0.2, 0.25) is 0 Å². The molecule has 0 unspecified atom stereocenters. The maximum Gasteiger partial charge on any atom is 0.212 e. The standard InChI is InChI=1S/C32H30N12S2/c1-21-25(17-33-41(21)23-11-5-3-6-12-23)27-19-45-31-37-35-29(43(31)39-27)15-9-10-16-30-36-38-32-44(30)40-28(20-46-32)26-18-34-42(22(26)2)24-13-7-4-8-14-24/h3-8,11-14,17-18H,9-10,15-16,19-20H2,1-2H3. The second-order valence-electron chi connectivity index (χ2n) is 11.1. The first-order valence-electron chi connectivity index (χ1n) is 15.1. The Morgan fingerprint density at radius 2 is 1.02 bits per heavy atom. The fourth-order valence-electron chi connectivity index (χ4n) is 5.72. The minimum atomic E-state index is 0.727. The number of thioether (sulfide) groups is 2. The largest absolute Gasteiger partial charge is 0.237 e. The number of aromatic nitrogens is 10. The first-order valence-corrected chi connectivity index (χ1v) is 17.1. The Labute approximate surface area is 273 Å². The van der Waals surface area contributed by atoms with Gasteiger partial charge in [0.15, 0.2) is 11.6 Å². The number of rotatable bonds is 9. The van der Waals surface area contributed by atoms with Crippen molar-refractivity contribution in [1.82, 2.24) is 49.3 Å². The Morgan fingerprint density at radius 3 is 1.46 bits per heavy atom. The molecular formula is C32H30N12S2. The summed E-state index contributed by atoms with van der Waals surface area (Å²) in [5, 5.41) is 38.6. The lowest BCUT2D eigenvalue weighted by molar-refractivity contribution is 0.625. The van der Waals surface area contributed by atoms with Crippen LogP contribution in [0.3, 0.4) is 0 Å². The topological polar surface area (TPSA) is 122 Å². The van der Waals surface area contributed by atoms with Gasteiger partial charge in [0.05, 0.1) is 46.6 Å². The summed E-state index contributed by atoms with van der Waals surface area (Å²) in [6.45, 7) is 4.16. The molecule has 14 heteroatoms. The summed E-state index contributed by atoms with van der Waals surface area (Å²) in [4.78, 5) is 0. The molecule has 0 bridgehead atoms. The van der Waals surface area contributed by atoms with Crippen LogP contribution < -0.4 is 0 Å². The molecule has 2 aliphatic heterocycles. The summed E-state index contributed by atoms with van der Waals surface area (Å²) >= 11 is 3.31. The van der Waals surface area contributed by atoms with E-state index >= 15 is 0 Å².